The zero-order valence-corrected chi connectivity index (χ0v) is 27.4. The van der Waals surface area contributed by atoms with E-state index in [2.05, 4.69) is 5.32 Å². The van der Waals surface area contributed by atoms with Gasteiger partial charge in [0.2, 0.25) is 17.3 Å². The highest BCUT2D eigenvalue weighted by Gasteiger charge is 2.72. The largest absolute Gasteiger partial charge is 0.507 e. The molecule has 2 unspecified atom stereocenters. The lowest BCUT2D eigenvalue weighted by Crippen LogP contribution is -2.73. The quantitative estimate of drug-likeness (QED) is 0.254. The van der Waals surface area contributed by atoms with Crippen LogP contribution in [0.5, 0.6) is 5.75 Å². The van der Waals surface area contributed by atoms with Gasteiger partial charge < -0.3 is 49.4 Å². The summed E-state index contributed by atoms with van der Waals surface area (Å²) in [5, 5.41) is 48.9. The molecule has 0 spiro atoms. The van der Waals surface area contributed by atoms with Crippen LogP contribution in [0.1, 0.15) is 75.4 Å². The maximum Gasteiger partial charge on any atom is 0.341 e. The van der Waals surface area contributed by atoms with Gasteiger partial charge in [-0.25, -0.2) is 4.79 Å². The van der Waals surface area contributed by atoms with E-state index < -0.39 is 99.5 Å². The molecular formula is C34H35NO14. The molecule has 49 heavy (non-hydrogen) atoms. The first kappa shape index (κ1) is 34.5. The number of ether oxygens (including phenoxy) is 5. The fourth-order valence-electron chi connectivity index (χ4n) is 7.73. The van der Waals surface area contributed by atoms with Gasteiger partial charge in [0.25, 0.3) is 0 Å². The number of aliphatic hydroxyl groups is 3. The molecule has 0 saturated carbocycles. The lowest BCUT2D eigenvalue weighted by Gasteiger charge is -2.52. The Morgan fingerprint density at radius 2 is 1.57 bits per heavy atom. The van der Waals surface area contributed by atoms with Crippen molar-refractivity contribution in [3.63, 3.8) is 0 Å². The molecule has 6 rings (SSSR count). The number of aryl methyl sites for hydroxylation is 1. The van der Waals surface area contributed by atoms with Gasteiger partial charge in [-0.05, 0) is 37.1 Å². The molecule has 1 aliphatic heterocycles. The van der Waals surface area contributed by atoms with Crippen molar-refractivity contribution in [3.8, 4) is 5.75 Å². The van der Waals surface area contributed by atoms with Gasteiger partial charge in [0.05, 0.1) is 25.0 Å². The van der Waals surface area contributed by atoms with Crippen molar-refractivity contribution in [2.45, 2.75) is 68.2 Å². The molecule has 5 N–H and O–H groups in total. The minimum atomic E-state index is -3.11. The van der Waals surface area contributed by atoms with Crippen LogP contribution in [-0.4, -0.2) is 120 Å². The smallest absolute Gasteiger partial charge is 0.341 e. The maximum absolute atomic E-state index is 14.5. The first-order chi connectivity index (χ1) is 23.1. The van der Waals surface area contributed by atoms with Crippen LogP contribution < -0.4 is 5.32 Å². The number of carbonyl (C=O) groups excluding carboxylic acids is 5. The minimum absolute atomic E-state index is 0.0564. The number of Topliss-reactive ketones (excluding diaryl/α,β-unsaturated/α-hetero) is 3. The third kappa shape index (κ3) is 4.50. The van der Waals surface area contributed by atoms with E-state index >= 15 is 0 Å². The number of hydrogen-bond acceptors (Lipinski definition) is 15. The number of rotatable bonds is 6. The standard InChI is InChI=1S/C34H35NO14/c1-12-7-14-8-21(37)34(48-6)30(42)18-9-15-16(10-17(18)29(41)33(34,44)23(14)25(39)22(12)32(43)47-5)24(38)19(11-20(15)36)35-31-28(46-4)26(40)27(45-3)13(2)49-31/h7,9-11,13,21,26-28,31,35,37,39-40,44H,8H2,1-6H3/t13-,21-,26+,27-,28+,31-,33?,34?/m0/s1. The molecule has 1 heterocycles. The second-order valence-electron chi connectivity index (χ2n) is 12.5. The average Bonchev–Trinajstić information content (AvgIpc) is 3.05. The average molecular weight is 682 g/mol. The summed E-state index contributed by atoms with van der Waals surface area (Å²) in [6.07, 6.45) is -5.98. The number of ketones is 4. The lowest BCUT2D eigenvalue weighted by molar-refractivity contribution is -0.236. The van der Waals surface area contributed by atoms with Crippen LogP contribution >= 0.6 is 0 Å². The van der Waals surface area contributed by atoms with Crippen LogP contribution in [0.4, 0.5) is 0 Å². The van der Waals surface area contributed by atoms with Gasteiger partial charge in [-0.15, -0.1) is 0 Å². The Labute approximate surface area is 279 Å². The van der Waals surface area contributed by atoms with Crippen molar-refractivity contribution in [1.82, 2.24) is 5.32 Å². The number of hydrogen-bond donors (Lipinski definition) is 5. The SMILES string of the molecule is COC(=O)c1c(C)cc2c(c1O)C1(O)C(=O)c3cc4c(cc3C(=O)C1(OC)[C@@H](O)C2)C(=O)C=C(N[C@H]1O[C@@H](C)[C@H](OC)[C@@H](O)[C@H]1OC)C4=O. The van der Waals surface area contributed by atoms with Gasteiger partial charge in [-0.3, -0.25) is 19.2 Å². The fraction of sp³-hybridized carbons (Fsp3) is 0.441. The first-order valence-electron chi connectivity index (χ1n) is 15.3. The Hall–Kier alpha value is -4.35. The molecule has 1 saturated heterocycles. The van der Waals surface area contributed by atoms with Crippen LogP contribution in [0, 0.1) is 6.92 Å². The minimum Gasteiger partial charge on any atom is -0.507 e. The van der Waals surface area contributed by atoms with E-state index in [1.807, 2.05) is 0 Å². The Bertz CT molecular complexity index is 1870. The van der Waals surface area contributed by atoms with E-state index in [4.69, 9.17) is 23.7 Å². The summed E-state index contributed by atoms with van der Waals surface area (Å²) in [7, 11) is 4.77. The van der Waals surface area contributed by atoms with Crippen molar-refractivity contribution >= 4 is 29.1 Å². The van der Waals surface area contributed by atoms with E-state index in [0.717, 1.165) is 32.4 Å². The number of esters is 1. The molecule has 0 amide bonds. The Balaban J connectivity index is 1.48. The van der Waals surface area contributed by atoms with E-state index in [1.54, 1.807) is 6.92 Å². The highest BCUT2D eigenvalue weighted by atomic mass is 16.6. The molecule has 2 aromatic rings. The number of nitrogens with one attached hydrogen (secondary N) is 1. The monoisotopic (exact) mass is 681 g/mol. The molecule has 0 radical (unpaired) electrons. The molecule has 15 heteroatoms. The number of carbonyl (C=O) groups is 5. The van der Waals surface area contributed by atoms with E-state index in [-0.39, 0.29) is 39.9 Å². The van der Waals surface area contributed by atoms with Crippen LogP contribution in [0.25, 0.3) is 0 Å². The van der Waals surface area contributed by atoms with Gasteiger partial charge >= 0.3 is 5.97 Å². The predicted octanol–water partition coefficient (Wildman–Crippen LogP) is 0.0444. The number of fused-ring (bicyclic) bond motifs is 5. The number of allylic oxidation sites excluding steroid dienone is 2. The number of aliphatic hydroxyl groups excluding tert-OH is 2. The highest BCUT2D eigenvalue weighted by molar-refractivity contribution is 6.29. The highest BCUT2D eigenvalue weighted by Crippen LogP contribution is 2.55. The van der Waals surface area contributed by atoms with Crippen molar-refractivity contribution in [2.75, 3.05) is 28.4 Å². The van der Waals surface area contributed by atoms with Crippen LogP contribution in [0.3, 0.4) is 0 Å². The number of aromatic hydroxyl groups is 1. The molecule has 260 valence electrons. The van der Waals surface area contributed by atoms with Gasteiger partial charge in [0.15, 0.2) is 23.2 Å². The summed E-state index contributed by atoms with van der Waals surface area (Å²) >= 11 is 0. The molecule has 2 aromatic carbocycles. The van der Waals surface area contributed by atoms with E-state index in [0.29, 0.717) is 0 Å². The van der Waals surface area contributed by atoms with Crippen molar-refractivity contribution in [3.05, 3.63) is 74.5 Å². The predicted molar refractivity (Wildman–Crippen MR) is 164 cm³/mol. The molecule has 0 aromatic heterocycles. The van der Waals surface area contributed by atoms with Crippen LogP contribution in [0.15, 0.2) is 30.0 Å². The molecular weight excluding hydrogens is 646 g/mol. The lowest BCUT2D eigenvalue weighted by atomic mass is 9.56. The molecule has 1 fully saturated rings. The van der Waals surface area contributed by atoms with E-state index in [9.17, 15) is 44.4 Å². The van der Waals surface area contributed by atoms with Gasteiger partial charge in [-0.1, -0.05) is 6.07 Å². The van der Waals surface area contributed by atoms with Crippen molar-refractivity contribution in [2.24, 2.45) is 0 Å². The number of phenolic OH excluding ortho intramolecular Hbond substituents is 1. The summed E-state index contributed by atoms with van der Waals surface area (Å²) < 4.78 is 26.9. The number of methoxy groups -OCH3 is 4. The van der Waals surface area contributed by atoms with Crippen LogP contribution in [-0.2, 0) is 35.7 Å². The summed E-state index contributed by atoms with van der Waals surface area (Å²) in [6, 6.07) is 3.39. The Morgan fingerprint density at radius 3 is 2.18 bits per heavy atom. The zero-order valence-electron chi connectivity index (χ0n) is 27.4. The van der Waals surface area contributed by atoms with Crippen molar-refractivity contribution < 1.29 is 68.1 Å². The molecule has 15 nitrogen and oxygen atoms in total. The molecule has 0 bridgehead atoms. The van der Waals surface area contributed by atoms with E-state index in [1.165, 1.54) is 27.2 Å². The second-order valence-corrected chi connectivity index (χ2v) is 12.5. The summed E-state index contributed by atoms with van der Waals surface area (Å²) in [5.41, 5.74) is -8.25. The molecule has 3 aliphatic carbocycles. The zero-order chi connectivity index (χ0) is 35.9. The number of benzene rings is 2. The second kappa shape index (κ2) is 11.9. The third-order valence-corrected chi connectivity index (χ3v) is 10.1. The van der Waals surface area contributed by atoms with Gasteiger partial charge in [0.1, 0.15) is 29.6 Å². The van der Waals surface area contributed by atoms with Crippen molar-refractivity contribution in [1.29, 1.82) is 0 Å². The summed E-state index contributed by atoms with van der Waals surface area (Å²) in [6.45, 7) is 3.12. The fourth-order valence-corrected chi connectivity index (χ4v) is 7.73. The Kier molecular flexibility index (Phi) is 8.39. The Morgan fingerprint density at radius 1 is 0.939 bits per heavy atom. The third-order valence-electron chi connectivity index (χ3n) is 10.1. The first-order valence-corrected chi connectivity index (χ1v) is 15.3. The van der Waals surface area contributed by atoms with Gasteiger partial charge in [0, 0.05) is 61.6 Å². The normalized spacial score (nSPS) is 32.1. The maximum atomic E-state index is 14.5. The van der Waals surface area contributed by atoms with Gasteiger partial charge in [-0.2, -0.15) is 0 Å². The van der Waals surface area contributed by atoms with Crippen LogP contribution in [0.2, 0.25) is 0 Å². The number of phenols is 1. The molecule has 8 atom stereocenters. The molecule has 4 aliphatic rings. The summed E-state index contributed by atoms with van der Waals surface area (Å²) in [4.78, 5) is 68.9. The topological polar surface area (TPSA) is 224 Å². The summed E-state index contributed by atoms with van der Waals surface area (Å²) in [5.74, 6) is -5.72.